The Balaban J connectivity index is 2.38. The van der Waals surface area contributed by atoms with Gasteiger partial charge in [0.1, 0.15) is 0 Å². The van der Waals surface area contributed by atoms with Crippen molar-refractivity contribution in [3.05, 3.63) is 43.0 Å². The van der Waals surface area contributed by atoms with Crippen molar-refractivity contribution in [2.75, 3.05) is 5.75 Å². The lowest BCUT2D eigenvalue weighted by atomic mass is 10.4. The zero-order valence-electron chi connectivity index (χ0n) is 6.94. The second-order valence-corrected chi connectivity index (χ2v) is 3.62. The molecule has 0 aliphatic heterocycles. The van der Waals surface area contributed by atoms with Crippen molar-refractivity contribution >= 4 is 11.8 Å². The van der Waals surface area contributed by atoms with Crippen molar-refractivity contribution in [1.29, 1.82) is 0 Å². The van der Waals surface area contributed by atoms with Gasteiger partial charge in [0.2, 0.25) is 0 Å². The minimum atomic E-state index is 0.0928. The summed E-state index contributed by atoms with van der Waals surface area (Å²) in [5, 5.41) is 0. The van der Waals surface area contributed by atoms with Crippen molar-refractivity contribution in [1.82, 2.24) is 0 Å². The van der Waals surface area contributed by atoms with Crippen LogP contribution in [-0.4, -0.2) is 11.8 Å². The predicted molar refractivity (Wildman–Crippen MR) is 55.3 cm³/mol. The molecule has 2 N–H and O–H groups in total. The Kier molecular flexibility index (Phi) is 3.91. The third-order valence-electron chi connectivity index (χ3n) is 1.49. The highest BCUT2D eigenvalue weighted by Crippen LogP contribution is 2.17. The van der Waals surface area contributed by atoms with Gasteiger partial charge in [-0.2, -0.15) is 0 Å². The van der Waals surface area contributed by atoms with Crippen LogP contribution in [0.3, 0.4) is 0 Å². The van der Waals surface area contributed by atoms with Crippen LogP contribution in [0.5, 0.6) is 0 Å². The predicted octanol–water partition coefficient (Wildman–Crippen LogP) is 2.29. The van der Waals surface area contributed by atoms with Crippen LogP contribution in [0.4, 0.5) is 0 Å². The Bertz CT molecular complexity index is 233. The molecule has 1 rings (SSSR count). The molecule has 2 heteroatoms. The molecule has 1 aromatic rings. The molecular weight excluding hydrogens is 166 g/mol. The van der Waals surface area contributed by atoms with Crippen LogP contribution in [0.1, 0.15) is 0 Å². The lowest BCUT2D eigenvalue weighted by Crippen LogP contribution is -2.18. The van der Waals surface area contributed by atoms with E-state index in [4.69, 9.17) is 5.73 Å². The lowest BCUT2D eigenvalue weighted by Gasteiger charge is -2.04. The fourth-order valence-electron chi connectivity index (χ4n) is 0.777. The molecule has 0 fully saturated rings. The molecule has 0 bridgehead atoms. The molecule has 0 amide bonds. The average Bonchev–Trinajstić information content (AvgIpc) is 2.16. The van der Waals surface area contributed by atoms with Gasteiger partial charge in [-0.3, -0.25) is 0 Å². The molecule has 1 aromatic carbocycles. The first-order valence-corrected chi connectivity index (χ1v) is 4.87. The second-order valence-electron chi connectivity index (χ2n) is 2.52. The van der Waals surface area contributed by atoms with Crippen molar-refractivity contribution in [2.24, 2.45) is 5.73 Å². The third kappa shape index (κ3) is 3.11. The first-order valence-electron chi connectivity index (χ1n) is 3.89. The first kappa shape index (κ1) is 9.36. The van der Waals surface area contributed by atoms with E-state index in [1.165, 1.54) is 4.90 Å². The molecule has 64 valence electrons. The Labute approximate surface area is 77.7 Å². The van der Waals surface area contributed by atoms with Gasteiger partial charge in [-0.1, -0.05) is 24.3 Å². The summed E-state index contributed by atoms with van der Waals surface area (Å²) in [6.45, 7) is 3.63. The van der Waals surface area contributed by atoms with E-state index in [1.54, 1.807) is 17.8 Å². The molecule has 0 saturated heterocycles. The Hall–Kier alpha value is -0.730. The quantitative estimate of drug-likeness (QED) is 0.567. The Morgan fingerprint density at radius 1 is 1.42 bits per heavy atom. The maximum atomic E-state index is 5.68. The molecule has 0 aromatic heterocycles. The van der Waals surface area contributed by atoms with Gasteiger partial charge in [0.05, 0.1) is 0 Å². The van der Waals surface area contributed by atoms with Crippen molar-refractivity contribution in [3.8, 4) is 0 Å². The van der Waals surface area contributed by atoms with E-state index in [1.807, 2.05) is 18.2 Å². The molecule has 0 spiro atoms. The van der Waals surface area contributed by atoms with Crippen LogP contribution in [0.15, 0.2) is 47.9 Å². The Morgan fingerprint density at radius 2 is 2.08 bits per heavy atom. The van der Waals surface area contributed by atoms with E-state index in [0.717, 1.165) is 5.75 Å². The van der Waals surface area contributed by atoms with E-state index in [9.17, 15) is 0 Å². The van der Waals surface area contributed by atoms with E-state index in [2.05, 4.69) is 18.7 Å². The summed E-state index contributed by atoms with van der Waals surface area (Å²) in [5.74, 6) is 0.896. The van der Waals surface area contributed by atoms with E-state index in [-0.39, 0.29) is 6.04 Å². The summed E-state index contributed by atoms with van der Waals surface area (Å²) in [7, 11) is 0. The average molecular weight is 179 g/mol. The van der Waals surface area contributed by atoms with Gasteiger partial charge in [-0.05, 0) is 12.1 Å². The number of hydrogen-bond donors (Lipinski definition) is 1. The van der Waals surface area contributed by atoms with E-state index in [0.29, 0.717) is 0 Å². The number of benzene rings is 1. The van der Waals surface area contributed by atoms with Gasteiger partial charge in [0.15, 0.2) is 0 Å². The topological polar surface area (TPSA) is 26.0 Å². The third-order valence-corrected chi connectivity index (χ3v) is 2.65. The van der Waals surface area contributed by atoms with Crippen LogP contribution in [-0.2, 0) is 0 Å². The minimum absolute atomic E-state index is 0.0928. The van der Waals surface area contributed by atoms with Gasteiger partial charge in [0.25, 0.3) is 0 Å². The van der Waals surface area contributed by atoms with Crippen LogP contribution in [0.2, 0.25) is 0 Å². The molecule has 0 radical (unpaired) electrons. The summed E-state index contributed by atoms with van der Waals surface area (Å²) >= 11 is 1.76. The van der Waals surface area contributed by atoms with Gasteiger partial charge >= 0.3 is 0 Å². The smallest absolute Gasteiger partial charge is 0.0316 e. The highest BCUT2D eigenvalue weighted by molar-refractivity contribution is 7.99. The maximum absolute atomic E-state index is 5.68. The molecule has 1 unspecified atom stereocenters. The molecule has 0 aliphatic rings. The summed E-state index contributed by atoms with van der Waals surface area (Å²) in [4.78, 5) is 1.26. The highest BCUT2D eigenvalue weighted by Gasteiger charge is 1.97. The van der Waals surface area contributed by atoms with E-state index < -0.39 is 0 Å². The second kappa shape index (κ2) is 5.01. The largest absolute Gasteiger partial charge is 0.324 e. The molecule has 0 saturated carbocycles. The molecule has 0 aliphatic carbocycles. The number of thioether (sulfide) groups is 1. The highest BCUT2D eigenvalue weighted by atomic mass is 32.2. The maximum Gasteiger partial charge on any atom is 0.0316 e. The van der Waals surface area contributed by atoms with E-state index >= 15 is 0 Å². The summed E-state index contributed by atoms with van der Waals surface area (Å²) in [6.07, 6.45) is 1.77. The summed E-state index contributed by atoms with van der Waals surface area (Å²) in [6, 6.07) is 10.3. The fraction of sp³-hybridized carbons (Fsp3) is 0.200. The van der Waals surface area contributed by atoms with Gasteiger partial charge in [-0.25, -0.2) is 0 Å². The zero-order chi connectivity index (χ0) is 8.81. The zero-order valence-corrected chi connectivity index (χ0v) is 7.76. The standard InChI is InChI=1S/C10H13NS/c1-2-9(11)8-12-10-6-4-3-5-7-10/h2-7,9H,1,8,11H2. The summed E-state index contributed by atoms with van der Waals surface area (Å²) in [5.41, 5.74) is 5.68. The van der Waals surface area contributed by atoms with Crippen molar-refractivity contribution in [2.45, 2.75) is 10.9 Å². The SMILES string of the molecule is C=CC(N)CSc1ccccc1. The monoisotopic (exact) mass is 179 g/mol. The summed E-state index contributed by atoms with van der Waals surface area (Å²) < 4.78 is 0. The van der Waals surface area contributed by atoms with Gasteiger partial charge in [-0.15, -0.1) is 18.3 Å². The molecule has 1 atom stereocenters. The Morgan fingerprint density at radius 3 is 2.67 bits per heavy atom. The number of rotatable bonds is 4. The number of nitrogens with two attached hydrogens (primary N) is 1. The first-order chi connectivity index (χ1) is 5.83. The molecular formula is C10H13NS. The lowest BCUT2D eigenvalue weighted by molar-refractivity contribution is 0.943. The minimum Gasteiger partial charge on any atom is -0.324 e. The molecule has 12 heavy (non-hydrogen) atoms. The van der Waals surface area contributed by atoms with Gasteiger partial charge in [0, 0.05) is 16.7 Å². The molecule has 0 heterocycles. The van der Waals surface area contributed by atoms with Crippen LogP contribution < -0.4 is 5.73 Å². The molecule has 1 nitrogen and oxygen atoms in total. The van der Waals surface area contributed by atoms with Crippen LogP contribution in [0, 0.1) is 0 Å². The van der Waals surface area contributed by atoms with Crippen LogP contribution >= 0.6 is 11.8 Å². The number of hydrogen-bond acceptors (Lipinski definition) is 2. The van der Waals surface area contributed by atoms with Crippen LogP contribution in [0.25, 0.3) is 0 Å². The normalized spacial score (nSPS) is 12.4. The van der Waals surface area contributed by atoms with Crippen molar-refractivity contribution in [3.63, 3.8) is 0 Å². The fourth-order valence-corrected chi connectivity index (χ4v) is 1.65. The van der Waals surface area contributed by atoms with Gasteiger partial charge < -0.3 is 5.73 Å². The van der Waals surface area contributed by atoms with Crippen molar-refractivity contribution < 1.29 is 0 Å².